The minimum Gasteiger partial charge on any atom is -0.350 e. The molecule has 0 aliphatic rings. The zero-order valence-corrected chi connectivity index (χ0v) is 11.9. The van der Waals surface area contributed by atoms with Gasteiger partial charge in [-0.15, -0.1) is 0 Å². The van der Waals surface area contributed by atoms with E-state index in [9.17, 15) is 9.59 Å². The lowest BCUT2D eigenvalue weighted by molar-refractivity contribution is -0.122. The lowest BCUT2D eigenvalue weighted by Gasteiger charge is -2.14. The summed E-state index contributed by atoms with van der Waals surface area (Å²) in [4.78, 5) is 23.9. The van der Waals surface area contributed by atoms with Gasteiger partial charge in [-0.25, -0.2) is 0 Å². The molecule has 21 heavy (non-hydrogen) atoms. The summed E-state index contributed by atoms with van der Waals surface area (Å²) in [5.74, 6) is -0.457. The molecule has 4 nitrogen and oxygen atoms in total. The zero-order valence-electron chi connectivity index (χ0n) is 11.9. The second kappa shape index (κ2) is 7.24. The molecule has 0 unspecified atom stereocenters. The Bertz CT molecular complexity index is 597. The third-order valence-electron chi connectivity index (χ3n) is 3.09. The minimum atomic E-state index is -0.582. The molecule has 0 heterocycles. The summed E-state index contributed by atoms with van der Waals surface area (Å²) in [6.07, 6.45) is 0. The van der Waals surface area contributed by atoms with Crippen molar-refractivity contribution in [3.8, 4) is 0 Å². The van der Waals surface area contributed by atoms with Crippen molar-refractivity contribution < 1.29 is 9.59 Å². The van der Waals surface area contributed by atoms with Gasteiger partial charge in [0.1, 0.15) is 6.04 Å². The Hall–Kier alpha value is -2.62. The Kier molecular flexibility index (Phi) is 5.10. The molecule has 2 aromatic carbocycles. The Morgan fingerprint density at radius 2 is 1.52 bits per heavy atom. The average Bonchev–Trinajstić information content (AvgIpc) is 2.54. The first-order chi connectivity index (χ1) is 10.2. The maximum absolute atomic E-state index is 12.0. The van der Waals surface area contributed by atoms with Crippen molar-refractivity contribution in [2.24, 2.45) is 0 Å². The second-order valence-electron chi connectivity index (χ2n) is 4.76. The van der Waals surface area contributed by atoms with E-state index in [-0.39, 0.29) is 11.8 Å². The van der Waals surface area contributed by atoms with E-state index in [1.165, 1.54) is 0 Å². The van der Waals surface area contributed by atoms with Crippen molar-refractivity contribution in [3.05, 3.63) is 71.8 Å². The SMILES string of the molecule is C[C@@H](NC(=O)c1ccccc1)C(=O)NCc1ccccc1. The molecular formula is C17H18N2O2. The molecule has 2 rings (SSSR count). The van der Waals surface area contributed by atoms with Crippen molar-refractivity contribution in [1.82, 2.24) is 10.6 Å². The second-order valence-corrected chi connectivity index (χ2v) is 4.76. The van der Waals surface area contributed by atoms with Gasteiger partial charge >= 0.3 is 0 Å². The molecule has 0 aliphatic heterocycles. The maximum Gasteiger partial charge on any atom is 0.251 e. The molecule has 0 spiro atoms. The Morgan fingerprint density at radius 1 is 0.952 bits per heavy atom. The zero-order chi connectivity index (χ0) is 15.1. The van der Waals surface area contributed by atoms with Gasteiger partial charge in [-0.1, -0.05) is 48.5 Å². The molecular weight excluding hydrogens is 264 g/mol. The summed E-state index contributed by atoms with van der Waals surface area (Å²) in [6.45, 7) is 2.12. The molecule has 2 N–H and O–H groups in total. The number of nitrogens with one attached hydrogen (secondary N) is 2. The molecule has 0 aliphatic carbocycles. The topological polar surface area (TPSA) is 58.2 Å². The number of carbonyl (C=O) groups is 2. The van der Waals surface area contributed by atoms with Crippen LogP contribution in [0.5, 0.6) is 0 Å². The summed E-state index contributed by atoms with van der Waals surface area (Å²) >= 11 is 0. The highest BCUT2D eigenvalue weighted by atomic mass is 16.2. The maximum atomic E-state index is 12.0. The van der Waals surface area contributed by atoms with Crippen LogP contribution in [0.2, 0.25) is 0 Å². The van der Waals surface area contributed by atoms with Crippen LogP contribution in [-0.2, 0) is 11.3 Å². The van der Waals surface area contributed by atoms with Crippen molar-refractivity contribution in [2.45, 2.75) is 19.5 Å². The van der Waals surface area contributed by atoms with Crippen molar-refractivity contribution in [2.75, 3.05) is 0 Å². The smallest absolute Gasteiger partial charge is 0.251 e. The van der Waals surface area contributed by atoms with Gasteiger partial charge in [-0.2, -0.15) is 0 Å². The van der Waals surface area contributed by atoms with Crippen LogP contribution in [0.3, 0.4) is 0 Å². The van der Waals surface area contributed by atoms with Gasteiger partial charge in [0, 0.05) is 12.1 Å². The summed E-state index contributed by atoms with van der Waals surface area (Å²) in [6, 6.07) is 17.9. The van der Waals surface area contributed by atoms with E-state index in [0.29, 0.717) is 12.1 Å². The molecule has 1 atom stereocenters. The number of carbonyl (C=O) groups excluding carboxylic acids is 2. The largest absolute Gasteiger partial charge is 0.350 e. The Balaban J connectivity index is 1.84. The van der Waals surface area contributed by atoms with Crippen molar-refractivity contribution in [1.29, 1.82) is 0 Å². The van der Waals surface area contributed by atoms with E-state index in [0.717, 1.165) is 5.56 Å². The molecule has 0 saturated heterocycles. The summed E-state index contributed by atoms with van der Waals surface area (Å²) in [7, 11) is 0. The Labute approximate surface area is 124 Å². The number of hydrogen-bond donors (Lipinski definition) is 2. The summed E-state index contributed by atoms with van der Waals surface area (Å²) < 4.78 is 0. The first-order valence-corrected chi connectivity index (χ1v) is 6.84. The minimum absolute atomic E-state index is 0.205. The summed E-state index contributed by atoms with van der Waals surface area (Å²) in [5.41, 5.74) is 1.56. The highest BCUT2D eigenvalue weighted by Gasteiger charge is 2.15. The molecule has 2 amide bonds. The van der Waals surface area contributed by atoms with Crippen LogP contribution in [0.25, 0.3) is 0 Å². The molecule has 2 aromatic rings. The van der Waals surface area contributed by atoms with E-state index >= 15 is 0 Å². The summed E-state index contributed by atoms with van der Waals surface area (Å²) in [5, 5.41) is 5.48. The molecule has 4 heteroatoms. The molecule has 0 radical (unpaired) electrons. The number of hydrogen-bond acceptors (Lipinski definition) is 2. The van der Waals surface area contributed by atoms with Crippen molar-refractivity contribution in [3.63, 3.8) is 0 Å². The highest BCUT2D eigenvalue weighted by molar-refractivity contribution is 5.97. The van der Waals surface area contributed by atoms with Gasteiger partial charge in [0.05, 0.1) is 0 Å². The van der Waals surface area contributed by atoms with Gasteiger partial charge in [-0.3, -0.25) is 9.59 Å². The lowest BCUT2D eigenvalue weighted by Crippen LogP contribution is -2.44. The standard InChI is InChI=1S/C17H18N2O2/c1-13(19-17(21)15-10-6-3-7-11-15)16(20)18-12-14-8-4-2-5-9-14/h2-11,13H,12H2,1H3,(H,18,20)(H,19,21)/t13-/m1/s1. The van der Waals surface area contributed by atoms with E-state index < -0.39 is 6.04 Å². The van der Waals surface area contributed by atoms with Crippen LogP contribution in [0.15, 0.2) is 60.7 Å². The van der Waals surface area contributed by atoms with Crippen LogP contribution in [0.1, 0.15) is 22.8 Å². The van der Waals surface area contributed by atoms with E-state index in [2.05, 4.69) is 10.6 Å². The third-order valence-corrected chi connectivity index (χ3v) is 3.09. The Morgan fingerprint density at radius 3 is 2.14 bits per heavy atom. The van der Waals surface area contributed by atoms with Crippen molar-refractivity contribution >= 4 is 11.8 Å². The fourth-order valence-corrected chi connectivity index (χ4v) is 1.87. The van der Waals surface area contributed by atoms with Crippen LogP contribution in [0.4, 0.5) is 0 Å². The third kappa shape index (κ3) is 4.45. The molecule has 0 aromatic heterocycles. The van der Waals surface area contributed by atoms with Crippen LogP contribution < -0.4 is 10.6 Å². The predicted molar refractivity (Wildman–Crippen MR) is 81.7 cm³/mol. The van der Waals surface area contributed by atoms with Gasteiger partial charge in [0.2, 0.25) is 5.91 Å². The first kappa shape index (κ1) is 14.8. The fraction of sp³-hybridized carbons (Fsp3) is 0.176. The lowest BCUT2D eigenvalue weighted by atomic mass is 10.2. The van der Waals surface area contributed by atoms with E-state index in [1.807, 2.05) is 36.4 Å². The number of rotatable bonds is 5. The highest BCUT2D eigenvalue weighted by Crippen LogP contribution is 2.00. The number of benzene rings is 2. The monoisotopic (exact) mass is 282 g/mol. The van der Waals surface area contributed by atoms with Gasteiger partial charge in [0.25, 0.3) is 5.91 Å². The molecule has 0 fully saturated rings. The van der Waals surface area contributed by atoms with Crippen LogP contribution in [0, 0.1) is 0 Å². The molecule has 0 bridgehead atoms. The van der Waals surface area contributed by atoms with Crippen LogP contribution in [-0.4, -0.2) is 17.9 Å². The quantitative estimate of drug-likeness (QED) is 0.882. The molecule has 108 valence electrons. The van der Waals surface area contributed by atoms with E-state index in [4.69, 9.17) is 0 Å². The molecule has 0 saturated carbocycles. The van der Waals surface area contributed by atoms with Gasteiger partial charge in [0.15, 0.2) is 0 Å². The fourth-order valence-electron chi connectivity index (χ4n) is 1.87. The van der Waals surface area contributed by atoms with Gasteiger partial charge in [-0.05, 0) is 24.6 Å². The number of amides is 2. The van der Waals surface area contributed by atoms with Crippen LogP contribution >= 0.6 is 0 Å². The van der Waals surface area contributed by atoms with E-state index in [1.54, 1.807) is 31.2 Å². The normalized spacial score (nSPS) is 11.5. The van der Waals surface area contributed by atoms with Gasteiger partial charge < -0.3 is 10.6 Å². The average molecular weight is 282 g/mol. The first-order valence-electron chi connectivity index (χ1n) is 6.84. The predicted octanol–water partition coefficient (Wildman–Crippen LogP) is 2.12.